The molecule has 0 aromatic heterocycles. The Labute approximate surface area is 121 Å². The smallest absolute Gasteiger partial charge is 0.242 e. The molecule has 1 aromatic rings. The summed E-state index contributed by atoms with van der Waals surface area (Å²) in [4.78, 5) is 0.281. The molecular formula is C14H22N2O3S. The minimum Gasteiger partial charge on any atom is -0.497 e. The molecule has 2 rings (SSSR count). The Bertz CT molecular complexity index is 539. The highest BCUT2D eigenvalue weighted by molar-refractivity contribution is 7.89. The predicted octanol–water partition coefficient (Wildman–Crippen LogP) is 1.32. The van der Waals surface area contributed by atoms with Crippen LogP contribution in [0.4, 0.5) is 0 Å². The van der Waals surface area contributed by atoms with Crippen LogP contribution in [0.15, 0.2) is 29.2 Å². The summed E-state index contributed by atoms with van der Waals surface area (Å²) in [6.45, 7) is 2.47. The highest BCUT2D eigenvalue weighted by Crippen LogP contribution is 2.21. The van der Waals surface area contributed by atoms with Crippen molar-refractivity contribution < 1.29 is 13.2 Å². The number of rotatable bonds is 5. The number of ether oxygens (including phenoxy) is 1. The maximum atomic E-state index is 12.5. The van der Waals surface area contributed by atoms with E-state index in [1.165, 1.54) is 11.4 Å². The van der Waals surface area contributed by atoms with Crippen LogP contribution in [0.5, 0.6) is 5.75 Å². The normalized spacial score (nSPS) is 20.1. The van der Waals surface area contributed by atoms with Crippen molar-refractivity contribution in [3.63, 3.8) is 0 Å². The first-order valence-electron chi connectivity index (χ1n) is 6.85. The second-order valence-corrected chi connectivity index (χ2v) is 7.22. The van der Waals surface area contributed by atoms with Crippen molar-refractivity contribution in [3.8, 4) is 5.75 Å². The second-order valence-electron chi connectivity index (χ2n) is 5.18. The Morgan fingerprint density at radius 2 is 2.25 bits per heavy atom. The van der Waals surface area contributed by atoms with Gasteiger partial charge in [0, 0.05) is 19.7 Å². The van der Waals surface area contributed by atoms with E-state index >= 15 is 0 Å². The van der Waals surface area contributed by atoms with Gasteiger partial charge in [-0.25, -0.2) is 12.7 Å². The lowest BCUT2D eigenvalue weighted by atomic mass is 10.00. The van der Waals surface area contributed by atoms with Crippen LogP contribution in [0.1, 0.15) is 12.8 Å². The van der Waals surface area contributed by atoms with Crippen LogP contribution < -0.4 is 10.1 Å². The fourth-order valence-electron chi connectivity index (χ4n) is 2.48. The minimum atomic E-state index is -3.45. The maximum Gasteiger partial charge on any atom is 0.242 e. The molecule has 0 saturated carbocycles. The summed E-state index contributed by atoms with van der Waals surface area (Å²) in [6, 6.07) is 6.60. The quantitative estimate of drug-likeness (QED) is 0.890. The molecule has 1 unspecified atom stereocenters. The maximum absolute atomic E-state index is 12.5. The Morgan fingerprint density at radius 1 is 1.45 bits per heavy atom. The second kappa shape index (κ2) is 6.56. The van der Waals surface area contributed by atoms with Gasteiger partial charge >= 0.3 is 0 Å². The molecule has 0 spiro atoms. The summed E-state index contributed by atoms with van der Waals surface area (Å²) in [5.74, 6) is 0.938. The number of nitrogens with one attached hydrogen (secondary N) is 1. The molecule has 0 radical (unpaired) electrons. The van der Waals surface area contributed by atoms with Crippen molar-refractivity contribution in [2.75, 3.05) is 33.8 Å². The van der Waals surface area contributed by atoms with Crippen LogP contribution in [-0.2, 0) is 10.0 Å². The number of benzene rings is 1. The molecule has 0 bridgehead atoms. The van der Waals surface area contributed by atoms with Gasteiger partial charge in [-0.3, -0.25) is 0 Å². The summed E-state index contributed by atoms with van der Waals surface area (Å²) in [7, 11) is -0.272. The van der Waals surface area contributed by atoms with E-state index in [2.05, 4.69) is 5.32 Å². The first-order valence-corrected chi connectivity index (χ1v) is 8.29. The molecule has 1 atom stereocenters. The zero-order chi connectivity index (χ0) is 14.6. The van der Waals surface area contributed by atoms with Crippen LogP contribution in [-0.4, -0.2) is 46.5 Å². The summed E-state index contributed by atoms with van der Waals surface area (Å²) in [6.07, 6.45) is 2.18. The molecule has 20 heavy (non-hydrogen) atoms. The highest BCUT2D eigenvalue weighted by Gasteiger charge is 2.25. The number of methoxy groups -OCH3 is 1. The van der Waals surface area contributed by atoms with E-state index in [-0.39, 0.29) is 4.90 Å². The topological polar surface area (TPSA) is 58.6 Å². The number of hydrogen-bond acceptors (Lipinski definition) is 4. The summed E-state index contributed by atoms with van der Waals surface area (Å²) < 4.78 is 31.6. The Balaban J connectivity index is 2.11. The van der Waals surface area contributed by atoms with E-state index in [4.69, 9.17) is 4.74 Å². The van der Waals surface area contributed by atoms with E-state index in [1.54, 1.807) is 31.3 Å². The summed E-state index contributed by atoms with van der Waals surface area (Å²) >= 11 is 0. The molecule has 1 heterocycles. The molecule has 1 N–H and O–H groups in total. The summed E-state index contributed by atoms with van der Waals surface area (Å²) in [5.41, 5.74) is 0. The molecular weight excluding hydrogens is 276 g/mol. The fourth-order valence-corrected chi connectivity index (χ4v) is 3.77. The average molecular weight is 298 g/mol. The lowest BCUT2D eigenvalue weighted by Crippen LogP contribution is -2.39. The van der Waals surface area contributed by atoms with Crippen molar-refractivity contribution in [3.05, 3.63) is 24.3 Å². The van der Waals surface area contributed by atoms with Gasteiger partial charge in [-0.15, -0.1) is 0 Å². The minimum absolute atomic E-state index is 0.281. The van der Waals surface area contributed by atoms with Crippen molar-refractivity contribution >= 4 is 10.0 Å². The standard InChI is InChI=1S/C14H22N2O3S/c1-16(11-12-5-4-8-15-10-12)20(17,18)14-7-3-6-13(9-14)19-2/h3,6-7,9,12,15H,4-5,8,10-11H2,1-2H3. The summed E-state index contributed by atoms with van der Waals surface area (Å²) in [5, 5.41) is 3.31. The molecule has 1 fully saturated rings. The van der Waals surface area contributed by atoms with Gasteiger partial charge < -0.3 is 10.1 Å². The fraction of sp³-hybridized carbons (Fsp3) is 0.571. The first kappa shape index (κ1) is 15.3. The SMILES string of the molecule is COc1cccc(S(=O)(=O)N(C)CC2CCCNC2)c1. The molecule has 6 heteroatoms. The van der Waals surface area contributed by atoms with Crippen molar-refractivity contribution in [1.82, 2.24) is 9.62 Å². The molecule has 0 amide bonds. The molecule has 0 aliphatic carbocycles. The molecule has 1 aliphatic heterocycles. The van der Waals surface area contributed by atoms with Gasteiger partial charge in [-0.05, 0) is 44.0 Å². The molecule has 1 saturated heterocycles. The Morgan fingerprint density at radius 3 is 2.90 bits per heavy atom. The first-order chi connectivity index (χ1) is 9.54. The van der Waals surface area contributed by atoms with Gasteiger partial charge in [0.05, 0.1) is 12.0 Å². The predicted molar refractivity (Wildman–Crippen MR) is 78.4 cm³/mol. The molecule has 1 aliphatic rings. The third-order valence-electron chi connectivity index (χ3n) is 3.66. The van der Waals surface area contributed by atoms with E-state index < -0.39 is 10.0 Å². The lowest BCUT2D eigenvalue weighted by Gasteiger charge is -2.27. The highest BCUT2D eigenvalue weighted by atomic mass is 32.2. The largest absolute Gasteiger partial charge is 0.497 e. The average Bonchev–Trinajstić information content (AvgIpc) is 2.48. The van der Waals surface area contributed by atoms with Crippen LogP contribution in [0, 0.1) is 5.92 Å². The van der Waals surface area contributed by atoms with Crippen molar-refractivity contribution in [2.45, 2.75) is 17.7 Å². The van der Waals surface area contributed by atoms with Gasteiger partial charge in [0.15, 0.2) is 0 Å². The van der Waals surface area contributed by atoms with E-state index in [9.17, 15) is 8.42 Å². The van der Waals surface area contributed by atoms with Gasteiger partial charge in [0.25, 0.3) is 0 Å². The van der Waals surface area contributed by atoms with Crippen LogP contribution in [0.3, 0.4) is 0 Å². The van der Waals surface area contributed by atoms with Gasteiger partial charge in [-0.2, -0.15) is 0 Å². The number of piperidine rings is 1. The van der Waals surface area contributed by atoms with Gasteiger partial charge in [0.1, 0.15) is 5.75 Å². The third kappa shape index (κ3) is 3.50. The monoisotopic (exact) mass is 298 g/mol. The Kier molecular flexibility index (Phi) is 5.01. The number of hydrogen-bond donors (Lipinski definition) is 1. The van der Waals surface area contributed by atoms with E-state index in [1.807, 2.05) is 0 Å². The molecule has 5 nitrogen and oxygen atoms in total. The van der Waals surface area contributed by atoms with E-state index in [0.29, 0.717) is 18.2 Å². The zero-order valence-electron chi connectivity index (χ0n) is 12.0. The Hall–Kier alpha value is -1.11. The van der Waals surface area contributed by atoms with Gasteiger partial charge in [-0.1, -0.05) is 6.07 Å². The number of sulfonamides is 1. The van der Waals surface area contributed by atoms with Crippen molar-refractivity contribution in [2.24, 2.45) is 5.92 Å². The third-order valence-corrected chi connectivity index (χ3v) is 5.48. The number of nitrogens with zero attached hydrogens (tertiary/aromatic N) is 1. The van der Waals surface area contributed by atoms with Crippen LogP contribution in [0.25, 0.3) is 0 Å². The lowest BCUT2D eigenvalue weighted by molar-refractivity contribution is 0.314. The van der Waals surface area contributed by atoms with Crippen LogP contribution in [0.2, 0.25) is 0 Å². The van der Waals surface area contributed by atoms with Gasteiger partial charge in [0.2, 0.25) is 10.0 Å². The molecule has 112 valence electrons. The van der Waals surface area contributed by atoms with Crippen LogP contribution >= 0.6 is 0 Å². The van der Waals surface area contributed by atoms with Crippen molar-refractivity contribution in [1.29, 1.82) is 0 Å². The van der Waals surface area contributed by atoms with E-state index in [0.717, 1.165) is 25.9 Å². The zero-order valence-corrected chi connectivity index (χ0v) is 12.8. The molecule has 1 aromatic carbocycles.